The molecule has 1 aliphatic rings. The van der Waals surface area contributed by atoms with Gasteiger partial charge in [-0.05, 0) is 24.6 Å². The number of thioether (sulfide) groups is 1. The zero-order chi connectivity index (χ0) is 16.9. The van der Waals surface area contributed by atoms with Gasteiger partial charge in [-0.2, -0.15) is 0 Å². The molecular formula is C17H21N3O3S. The number of fused-ring (bicyclic) bond motifs is 1. The largest absolute Gasteiger partial charge is 0.486 e. The first kappa shape index (κ1) is 16.7. The number of ether oxygens (including phenoxy) is 2. The van der Waals surface area contributed by atoms with E-state index in [-0.39, 0.29) is 5.91 Å². The summed E-state index contributed by atoms with van der Waals surface area (Å²) in [6, 6.07) is 5.84. The molecule has 0 N–H and O–H groups in total. The van der Waals surface area contributed by atoms with Gasteiger partial charge in [-0.1, -0.05) is 17.8 Å². The number of imidazole rings is 1. The Labute approximate surface area is 145 Å². The van der Waals surface area contributed by atoms with Crippen LogP contribution in [-0.4, -0.2) is 45.9 Å². The molecule has 24 heavy (non-hydrogen) atoms. The second-order valence-electron chi connectivity index (χ2n) is 5.50. The smallest absolute Gasteiger partial charge is 0.233 e. The minimum Gasteiger partial charge on any atom is -0.486 e. The fraction of sp³-hybridized carbons (Fsp3) is 0.412. The van der Waals surface area contributed by atoms with Crippen LogP contribution in [0.4, 0.5) is 0 Å². The number of benzene rings is 1. The number of carbonyl (C=O) groups is 1. The van der Waals surface area contributed by atoms with Gasteiger partial charge in [0.05, 0.1) is 5.75 Å². The maximum Gasteiger partial charge on any atom is 0.233 e. The van der Waals surface area contributed by atoms with E-state index in [1.54, 1.807) is 6.20 Å². The Balaban J connectivity index is 1.61. The lowest BCUT2D eigenvalue weighted by atomic mass is 10.2. The predicted molar refractivity (Wildman–Crippen MR) is 92.5 cm³/mol. The highest BCUT2D eigenvalue weighted by Gasteiger charge is 2.16. The van der Waals surface area contributed by atoms with Gasteiger partial charge < -0.3 is 18.9 Å². The molecule has 0 saturated carbocycles. The summed E-state index contributed by atoms with van der Waals surface area (Å²) in [7, 11) is 1.92. The molecule has 0 atom stereocenters. The van der Waals surface area contributed by atoms with E-state index in [1.807, 2.05) is 47.8 Å². The molecule has 0 radical (unpaired) electrons. The zero-order valence-corrected chi connectivity index (χ0v) is 14.7. The highest BCUT2D eigenvalue weighted by Crippen LogP contribution is 2.31. The van der Waals surface area contributed by atoms with Gasteiger partial charge in [0.25, 0.3) is 0 Å². The highest BCUT2D eigenvalue weighted by molar-refractivity contribution is 7.99. The van der Waals surface area contributed by atoms with Crippen molar-refractivity contribution < 1.29 is 14.3 Å². The van der Waals surface area contributed by atoms with Crippen LogP contribution in [0.2, 0.25) is 0 Å². The Morgan fingerprint density at radius 2 is 2.12 bits per heavy atom. The Morgan fingerprint density at radius 3 is 2.83 bits per heavy atom. The number of amides is 1. The molecule has 1 aliphatic heterocycles. The van der Waals surface area contributed by atoms with Crippen molar-refractivity contribution in [3.05, 3.63) is 36.2 Å². The quantitative estimate of drug-likeness (QED) is 0.751. The van der Waals surface area contributed by atoms with Crippen LogP contribution in [0, 0.1) is 0 Å². The lowest BCUT2D eigenvalue weighted by molar-refractivity contribution is -0.128. The summed E-state index contributed by atoms with van der Waals surface area (Å²) in [5.74, 6) is 2.00. The first-order valence-electron chi connectivity index (χ1n) is 7.93. The van der Waals surface area contributed by atoms with Crippen LogP contribution in [-0.2, 0) is 18.4 Å². The average molecular weight is 347 g/mol. The molecule has 1 amide bonds. The van der Waals surface area contributed by atoms with Crippen molar-refractivity contribution in [1.29, 1.82) is 0 Å². The number of rotatable bonds is 6. The fourth-order valence-corrected chi connectivity index (χ4v) is 3.33. The third-order valence-electron chi connectivity index (χ3n) is 3.82. The molecule has 2 aromatic rings. The van der Waals surface area contributed by atoms with Crippen molar-refractivity contribution in [3.63, 3.8) is 0 Å². The molecule has 6 nitrogen and oxygen atoms in total. The monoisotopic (exact) mass is 347 g/mol. The molecule has 128 valence electrons. The zero-order valence-electron chi connectivity index (χ0n) is 13.9. The first-order chi connectivity index (χ1) is 11.7. The third-order valence-corrected chi connectivity index (χ3v) is 4.86. The van der Waals surface area contributed by atoms with Crippen LogP contribution in [0.3, 0.4) is 0 Å². The van der Waals surface area contributed by atoms with Gasteiger partial charge in [0, 0.05) is 32.5 Å². The molecule has 0 fully saturated rings. The maximum absolute atomic E-state index is 12.5. The Morgan fingerprint density at radius 1 is 1.33 bits per heavy atom. The Bertz CT molecular complexity index is 717. The van der Waals surface area contributed by atoms with Crippen LogP contribution in [0.5, 0.6) is 11.5 Å². The fourth-order valence-electron chi connectivity index (χ4n) is 2.49. The molecule has 1 aromatic carbocycles. The normalized spacial score (nSPS) is 12.9. The molecule has 0 aliphatic carbocycles. The number of hydrogen-bond acceptors (Lipinski definition) is 5. The summed E-state index contributed by atoms with van der Waals surface area (Å²) < 4.78 is 13.0. The van der Waals surface area contributed by atoms with E-state index in [4.69, 9.17) is 9.47 Å². The summed E-state index contributed by atoms with van der Waals surface area (Å²) in [5.41, 5.74) is 1.04. The minimum absolute atomic E-state index is 0.0976. The van der Waals surface area contributed by atoms with Crippen molar-refractivity contribution in [2.45, 2.75) is 18.6 Å². The number of carbonyl (C=O) groups excluding carboxylic acids is 1. The predicted octanol–water partition coefficient (Wildman–Crippen LogP) is 2.33. The van der Waals surface area contributed by atoms with Crippen molar-refractivity contribution in [2.24, 2.45) is 7.05 Å². The van der Waals surface area contributed by atoms with Crippen LogP contribution in [0.15, 0.2) is 35.7 Å². The summed E-state index contributed by atoms with van der Waals surface area (Å²) in [6.07, 6.45) is 3.61. The molecule has 0 spiro atoms. The topological polar surface area (TPSA) is 56.6 Å². The summed E-state index contributed by atoms with van der Waals surface area (Å²) in [6.45, 7) is 4.35. The van der Waals surface area contributed by atoms with Gasteiger partial charge >= 0.3 is 0 Å². The van der Waals surface area contributed by atoms with E-state index < -0.39 is 0 Å². The number of aryl methyl sites for hydroxylation is 1. The van der Waals surface area contributed by atoms with Crippen molar-refractivity contribution in [1.82, 2.24) is 14.5 Å². The van der Waals surface area contributed by atoms with Crippen LogP contribution >= 0.6 is 11.8 Å². The van der Waals surface area contributed by atoms with E-state index in [9.17, 15) is 4.79 Å². The second kappa shape index (κ2) is 7.61. The average Bonchev–Trinajstić information content (AvgIpc) is 3.02. The molecule has 2 heterocycles. The van der Waals surface area contributed by atoms with Crippen molar-refractivity contribution in [2.75, 3.05) is 25.5 Å². The Kier molecular flexibility index (Phi) is 5.30. The highest BCUT2D eigenvalue weighted by atomic mass is 32.2. The molecule has 7 heteroatoms. The molecule has 1 aromatic heterocycles. The van der Waals surface area contributed by atoms with Gasteiger partial charge in [-0.3, -0.25) is 4.79 Å². The van der Waals surface area contributed by atoms with Crippen LogP contribution < -0.4 is 9.47 Å². The number of nitrogens with zero attached hydrogens (tertiary/aromatic N) is 3. The molecular weight excluding hydrogens is 326 g/mol. The van der Waals surface area contributed by atoms with E-state index in [2.05, 4.69) is 4.98 Å². The second-order valence-corrected chi connectivity index (χ2v) is 6.44. The van der Waals surface area contributed by atoms with E-state index in [1.165, 1.54) is 11.8 Å². The van der Waals surface area contributed by atoms with Crippen molar-refractivity contribution >= 4 is 17.7 Å². The van der Waals surface area contributed by atoms with Gasteiger partial charge in [0.15, 0.2) is 16.7 Å². The summed E-state index contributed by atoms with van der Waals surface area (Å²) >= 11 is 1.45. The van der Waals surface area contributed by atoms with Gasteiger partial charge in [0.2, 0.25) is 5.91 Å². The molecule has 0 saturated heterocycles. The molecule has 0 bridgehead atoms. The third kappa shape index (κ3) is 3.84. The lowest BCUT2D eigenvalue weighted by Crippen LogP contribution is -2.31. The summed E-state index contributed by atoms with van der Waals surface area (Å²) in [4.78, 5) is 18.6. The summed E-state index contributed by atoms with van der Waals surface area (Å²) in [5, 5.41) is 0.846. The Hall–Kier alpha value is -2.15. The van der Waals surface area contributed by atoms with Gasteiger partial charge in [-0.25, -0.2) is 4.98 Å². The van der Waals surface area contributed by atoms with E-state index in [0.717, 1.165) is 22.2 Å². The van der Waals surface area contributed by atoms with Gasteiger partial charge in [-0.15, -0.1) is 0 Å². The van der Waals surface area contributed by atoms with Crippen molar-refractivity contribution in [3.8, 4) is 11.5 Å². The minimum atomic E-state index is 0.0976. The standard InChI is InChI=1S/C17H21N3O3S/c1-3-20(16(21)12-24-17-18-6-7-19(17)2)11-13-4-5-14-15(10-13)23-9-8-22-14/h4-7,10H,3,8-9,11-12H2,1-2H3. The first-order valence-corrected chi connectivity index (χ1v) is 8.92. The molecule has 0 unspecified atom stereocenters. The van der Waals surface area contributed by atoms with Crippen LogP contribution in [0.25, 0.3) is 0 Å². The SMILES string of the molecule is CCN(Cc1ccc2c(c1)OCCO2)C(=O)CSc1nccn1C. The van der Waals surface area contributed by atoms with Gasteiger partial charge in [0.1, 0.15) is 13.2 Å². The van der Waals surface area contributed by atoms with E-state index in [0.29, 0.717) is 32.1 Å². The van der Waals surface area contributed by atoms with E-state index >= 15 is 0 Å². The lowest BCUT2D eigenvalue weighted by Gasteiger charge is -2.23. The number of aromatic nitrogens is 2. The maximum atomic E-state index is 12.5. The van der Waals surface area contributed by atoms with Crippen LogP contribution in [0.1, 0.15) is 12.5 Å². The molecule has 3 rings (SSSR count). The number of hydrogen-bond donors (Lipinski definition) is 0.